The molecule has 0 aliphatic carbocycles. The molecule has 0 saturated carbocycles. The molecular formula is C22H24N2O3S. The number of fused-ring (bicyclic) bond motifs is 1. The van der Waals surface area contributed by atoms with E-state index in [1.165, 1.54) is 11.8 Å². The summed E-state index contributed by atoms with van der Waals surface area (Å²) in [5.41, 5.74) is 2.77. The van der Waals surface area contributed by atoms with E-state index in [1.807, 2.05) is 67.8 Å². The minimum absolute atomic E-state index is 0.0257. The van der Waals surface area contributed by atoms with Gasteiger partial charge < -0.3 is 9.67 Å². The Labute approximate surface area is 168 Å². The van der Waals surface area contributed by atoms with Crippen LogP contribution in [0.25, 0.3) is 11.0 Å². The van der Waals surface area contributed by atoms with Gasteiger partial charge in [-0.05, 0) is 36.1 Å². The third-order valence-electron chi connectivity index (χ3n) is 4.58. The van der Waals surface area contributed by atoms with Gasteiger partial charge in [-0.1, -0.05) is 62.9 Å². The lowest BCUT2D eigenvalue weighted by Gasteiger charge is -2.29. The molecule has 2 aromatic carbocycles. The zero-order valence-corrected chi connectivity index (χ0v) is 17.3. The number of hydrogen-bond acceptors (Lipinski definition) is 4. The number of Topliss-reactive ketones (excluding diaryl/α,β-unsaturated/α-hetero) is 1. The molecule has 1 heterocycles. The maximum Gasteiger partial charge on any atom is 0.327 e. The van der Waals surface area contributed by atoms with Gasteiger partial charge in [0, 0.05) is 11.3 Å². The zero-order valence-electron chi connectivity index (χ0n) is 16.5. The Morgan fingerprint density at radius 1 is 1.14 bits per heavy atom. The molecule has 0 amide bonds. The number of rotatable bonds is 6. The Bertz CT molecular complexity index is 1030. The van der Waals surface area contributed by atoms with Crippen LogP contribution in [0.5, 0.6) is 0 Å². The van der Waals surface area contributed by atoms with Gasteiger partial charge >= 0.3 is 5.97 Å². The van der Waals surface area contributed by atoms with Gasteiger partial charge in [-0.25, -0.2) is 9.78 Å². The highest BCUT2D eigenvalue weighted by Gasteiger charge is 2.35. The average molecular weight is 397 g/mol. The maximum absolute atomic E-state index is 12.1. The van der Waals surface area contributed by atoms with Crippen molar-refractivity contribution < 1.29 is 14.7 Å². The second kappa shape index (κ2) is 7.80. The van der Waals surface area contributed by atoms with E-state index in [4.69, 9.17) is 4.98 Å². The van der Waals surface area contributed by atoms with E-state index in [-0.39, 0.29) is 5.78 Å². The van der Waals surface area contributed by atoms with E-state index in [2.05, 4.69) is 0 Å². The monoisotopic (exact) mass is 396 g/mol. The fraction of sp³-hybridized carbons (Fsp3) is 0.318. The predicted octanol–water partition coefficient (Wildman–Crippen LogP) is 5.20. The number of ketones is 1. The maximum atomic E-state index is 12.1. The topological polar surface area (TPSA) is 72.2 Å². The van der Waals surface area contributed by atoms with Crippen LogP contribution in [0.4, 0.5) is 0 Å². The molecule has 0 radical (unpaired) electrons. The Balaban J connectivity index is 2.03. The first kappa shape index (κ1) is 20.1. The van der Waals surface area contributed by atoms with Gasteiger partial charge in [-0.3, -0.25) is 4.79 Å². The molecule has 0 aliphatic heterocycles. The molecule has 5 nitrogen and oxygen atoms in total. The number of aromatic nitrogens is 2. The van der Waals surface area contributed by atoms with Crippen molar-refractivity contribution in [3.8, 4) is 0 Å². The summed E-state index contributed by atoms with van der Waals surface area (Å²) in [5, 5.41) is 10.6. The van der Waals surface area contributed by atoms with Crippen molar-refractivity contribution in [2.24, 2.45) is 5.41 Å². The van der Waals surface area contributed by atoms with E-state index in [0.29, 0.717) is 16.5 Å². The SMILES string of the molecule is CC(=O)c1cccc(CSc2nc3ccccc3n2C(C(=O)O)C(C)(C)C)c1. The normalized spacial score (nSPS) is 12.9. The summed E-state index contributed by atoms with van der Waals surface area (Å²) in [7, 11) is 0. The number of carboxylic acid groups (broad SMARTS) is 1. The molecule has 1 unspecified atom stereocenters. The van der Waals surface area contributed by atoms with Crippen LogP contribution in [0, 0.1) is 5.41 Å². The third-order valence-corrected chi connectivity index (χ3v) is 5.60. The van der Waals surface area contributed by atoms with Crippen LogP contribution in [-0.4, -0.2) is 26.4 Å². The van der Waals surface area contributed by atoms with Crippen LogP contribution < -0.4 is 0 Å². The number of para-hydroxylation sites is 2. The lowest BCUT2D eigenvalue weighted by atomic mass is 9.86. The third kappa shape index (κ3) is 4.12. The van der Waals surface area contributed by atoms with Crippen LogP contribution >= 0.6 is 11.8 Å². The van der Waals surface area contributed by atoms with Crippen LogP contribution in [0.1, 0.15) is 49.7 Å². The highest BCUT2D eigenvalue weighted by Crippen LogP contribution is 2.38. The number of carboxylic acids is 1. The van der Waals surface area contributed by atoms with Crippen molar-refractivity contribution >= 4 is 34.5 Å². The van der Waals surface area contributed by atoms with Gasteiger partial charge in [0.1, 0.15) is 6.04 Å². The number of carbonyl (C=O) groups is 2. The zero-order chi connectivity index (χ0) is 20.5. The Morgan fingerprint density at radius 2 is 1.86 bits per heavy atom. The number of hydrogen-bond donors (Lipinski definition) is 1. The minimum atomic E-state index is -0.879. The molecule has 1 aromatic heterocycles. The van der Waals surface area contributed by atoms with Crippen molar-refractivity contribution in [1.29, 1.82) is 0 Å². The first-order valence-electron chi connectivity index (χ1n) is 9.11. The summed E-state index contributed by atoms with van der Waals surface area (Å²) >= 11 is 1.49. The van der Waals surface area contributed by atoms with Gasteiger partial charge in [-0.15, -0.1) is 0 Å². The molecule has 3 rings (SSSR count). The molecule has 0 spiro atoms. The fourth-order valence-electron chi connectivity index (χ4n) is 3.27. The standard InChI is InChI=1S/C22H24N2O3S/c1-14(25)16-9-7-8-15(12-16)13-28-21-23-17-10-5-6-11-18(17)24(21)19(20(26)27)22(2,3)4/h5-12,19H,13H2,1-4H3,(H,26,27). The summed E-state index contributed by atoms with van der Waals surface area (Å²) in [5.74, 6) is -0.255. The van der Waals surface area contributed by atoms with Crippen LogP contribution in [0.2, 0.25) is 0 Å². The average Bonchev–Trinajstić information content (AvgIpc) is 2.97. The Hall–Kier alpha value is -2.60. The summed E-state index contributed by atoms with van der Waals surface area (Å²) in [6, 6.07) is 14.4. The van der Waals surface area contributed by atoms with Gasteiger partial charge in [-0.2, -0.15) is 0 Å². The lowest BCUT2D eigenvalue weighted by Crippen LogP contribution is -2.31. The predicted molar refractivity (Wildman–Crippen MR) is 112 cm³/mol. The summed E-state index contributed by atoms with van der Waals surface area (Å²) in [6.45, 7) is 7.31. The van der Waals surface area contributed by atoms with Gasteiger partial charge in [0.05, 0.1) is 11.0 Å². The van der Waals surface area contributed by atoms with Crippen molar-refractivity contribution in [2.75, 3.05) is 0 Å². The molecule has 146 valence electrons. The van der Waals surface area contributed by atoms with Crippen molar-refractivity contribution in [2.45, 2.75) is 44.6 Å². The van der Waals surface area contributed by atoms with Gasteiger partial charge in [0.15, 0.2) is 10.9 Å². The van der Waals surface area contributed by atoms with E-state index in [9.17, 15) is 14.7 Å². The molecule has 1 atom stereocenters. The first-order valence-corrected chi connectivity index (χ1v) is 10.1. The number of nitrogens with zero attached hydrogens (tertiary/aromatic N) is 2. The highest BCUT2D eigenvalue weighted by molar-refractivity contribution is 7.98. The van der Waals surface area contributed by atoms with E-state index < -0.39 is 17.4 Å². The van der Waals surface area contributed by atoms with Crippen molar-refractivity contribution in [3.63, 3.8) is 0 Å². The van der Waals surface area contributed by atoms with Crippen LogP contribution in [0.3, 0.4) is 0 Å². The second-order valence-electron chi connectivity index (χ2n) is 7.91. The molecule has 1 N–H and O–H groups in total. The minimum Gasteiger partial charge on any atom is -0.480 e. The molecular weight excluding hydrogens is 372 g/mol. The summed E-state index contributed by atoms with van der Waals surface area (Å²) < 4.78 is 1.83. The largest absolute Gasteiger partial charge is 0.480 e. The molecule has 0 fully saturated rings. The number of imidazole rings is 1. The quantitative estimate of drug-likeness (QED) is 0.458. The van der Waals surface area contributed by atoms with Gasteiger partial charge in [0.2, 0.25) is 0 Å². The molecule has 0 aliphatic rings. The smallest absolute Gasteiger partial charge is 0.327 e. The second-order valence-corrected chi connectivity index (χ2v) is 8.85. The highest BCUT2D eigenvalue weighted by atomic mass is 32.2. The molecule has 6 heteroatoms. The lowest BCUT2D eigenvalue weighted by molar-refractivity contribution is -0.144. The number of benzene rings is 2. The molecule has 0 bridgehead atoms. The van der Waals surface area contributed by atoms with E-state index >= 15 is 0 Å². The van der Waals surface area contributed by atoms with Crippen LogP contribution in [-0.2, 0) is 10.5 Å². The van der Waals surface area contributed by atoms with Crippen LogP contribution in [0.15, 0.2) is 53.7 Å². The Kier molecular flexibility index (Phi) is 5.61. The van der Waals surface area contributed by atoms with E-state index in [1.54, 1.807) is 13.0 Å². The van der Waals surface area contributed by atoms with Gasteiger partial charge in [0.25, 0.3) is 0 Å². The van der Waals surface area contributed by atoms with Crippen molar-refractivity contribution in [3.05, 3.63) is 59.7 Å². The summed E-state index contributed by atoms with van der Waals surface area (Å²) in [4.78, 5) is 28.5. The Morgan fingerprint density at radius 3 is 2.50 bits per heavy atom. The number of thioether (sulfide) groups is 1. The molecule has 0 saturated heterocycles. The fourth-order valence-corrected chi connectivity index (χ4v) is 4.25. The van der Waals surface area contributed by atoms with Crippen molar-refractivity contribution in [1.82, 2.24) is 9.55 Å². The van der Waals surface area contributed by atoms with E-state index in [0.717, 1.165) is 16.6 Å². The molecule has 28 heavy (non-hydrogen) atoms. The molecule has 3 aromatic rings. The number of carbonyl (C=O) groups excluding carboxylic acids is 1. The number of aliphatic carboxylic acids is 1. The summed E-state index contributed by atoms with van der Waals surface area (Å²) in [6.07, 6.45) is 0. The first-order chi connectivity index (χ1) is 13.2.